The normalized spacial score (nSPS) is 21.0. The van der Waals surface area contributed by atoms with Crippen molar-refractivity contribution in [2.75, 3.05) is 0 Å². The summed E-state index contributed by atoms with van der Waals surface area (Å²) in [5.41, 5.74) is 2.58. The van der Waals surface area contributed by atoms with Crippen LogP contribution in [0, 0.1) is 0 Å². The molecule has 0 aliphatic heterocycles. The van der Waals surface area contributed by atoms with E-state index in [1.807, 2.05) is 42.6 Å². The zero-order valence-corrected chi connectivity index (χ0v) is 11.9. The van der Waals surface area contributed by atoms with Crippen LogP contribution in [-0.2, 0) is 12.0 Å². The van der Waals surface area contributed by atoms with E-state index in [1.54, 1.807) is 0 Å². The summed E-state index contributed by atoms with van der Waals surface area (Å²) in [6.07, 6.45) is 5.76. The fourth-order valence-electron chi connectivity index (χ4n) is 3.45. The number of rotatable bonds is 3. The topological polar surface area (TPSA) is 33.1 Å². The first-order valence-electron chi connectivity index (χ1n) is 7.47. The molecule has 2 atom stereocenters. The van der Waals surface area contributed by atoms with E-state index in [-0.39, 0.29) is 5.92 Å². The highest BCUT2D eigenvalue weighted by molar-refractivity contribution is 5.33. The number of hydrogen-bond acceptors (Lipinski definition) is 2. The fourth-order valence-corrected chi connectivity index (χ4v) is 3.45. The molecule has 1 aliphatic rings. The quantitative estimate of drug-likeness (QED) is 0.917. The second-order valence-electron chi connectivity index (χ2n) is 5.64. The van der Waals surface area contributed by atoms with Gasteiger partial charge in [0.2, 0.25) is 0 Å². The lowest BCUT2D eigenvalue weighted by Crippen LogP contribution is -2.35. The molecule has 3 rings (SSSR count). The molecule has 0 fully saturated rings. The zero-order chi connectivity index (χ0) is 14.0. The minimum Gasteiger partial charge on any atom is -0.384 e. The van der Waals surface area contributed by atoms with Crippen LogP contribution in [0.2, 0.25) is 0 Å². The van der Waals surface area contributed by atoms with Crippen LogP contribution in [0.4, 0.5) is 0 Å². The maximum atomic E-state index is 11.3. The van der Waals surface area contributed by atoms with E-state index in [0.29, 0.717) is 6.42 Å². The third-order valence-corrected chi connectivity index (χ3v) is 4.58. The van der Waals surface area contributed by atoms with E-state index >= 15 is 0 Å². The third-order valence-electron chi connectivity index (χ3n) is 4.58. The third kappa shape index (κ3) is 2.14. The monoisotopic (exact) mass is 267 g/mol. The molecule has 0 radical (unpaired) electrons. The Hall–Kier alpha value is -1.67. The molecule has 2 unspecified atom stereocenters. The molecule has 1 aromatic carbocycles. The van der Waals surface area contributed by atoms with Gasteiger partial charge in [-0.1, -0.05) is 43.3 Å². The Balaban J connectivity index is 2.07. The molecule has 2 nitrogen and oxygen atoms in total. The molecule has 0 amide bonds. The molecule has 1 aliphatic carbocycles. The number of nitrogens with zero attached hydrogens (tertiary/aromatic N) is 1. The fraction of sp³-hybridized carbons (Fsp3) is 0.389. The van der Waals surface area contributed by atoms with Gasteiger partial charge in [0.15, 0.2) is 0 Å². The van der Waals surface area contributed by atoms with E-state index in [1.165, 1.54) is 5.56 Å². The lowest BCUT2D eigenvalue weighted by molar-refractivity contribution is -0.00403. The molecular weight excluding hydrogens is 246 g/mol. The summed E-state index contributed by atoms with van der Waals surface area (Å²) in [7, 11) is 0. The molecule has 0 saturated carbocycles. The van der Waals surface area contributed by atoms with Gasteiger partial charge in [0.25, 0.3) is 0 Å². The van der Waals surface area contributed by atoms with Gasteiger partial charge in [0.1, 0.15) is 0 Å². The number of aryl methyl sites for hydroxylation is 1. The first-order chi connectivity index (χ1) is 9.75. The highest BCUT2D eigenvalue weighted by atomic mass is 16.3. The van der Waals surface area contributed by atoms with Crippen LogP contribution >= 0.6 is 0 Å². The van der Waals surface area contributed by atoms with Gasteiger partial charge in [-0.2, -0.15) is 0 Å². The SMILES string of the molecule is CCC(O)(c1ccccc1)C1CCCc2cccnc21. The number of aliphatic hydroxyl groups is 1. The molecule has 0 bridgehead atoms. The second kappa shape index (κ2) is 5.37. The van der Waals surface area contributed by atoms with Gasteiger partial charge in [-0.05, 0) is 42.9 Å². The first-order valence-corrected chi connectivity index (χ1v) is 7.47. The van der Waals surface area contributed by atoms with Gasteiger partial charge in [-0.25, -0.2) is 0 Å². The van der Waals surface area contributed by atoms with E-state index < -0.39 is 5.60 Å². The molecular formula is C18H21NO. The Morgan fingerprint density at radius 3 is 2.75 bits per heavy atom. The summed E-state index contributed by atoms with van der Waals surface area (Å²) in [5.74, 6) is 0.0971. The Kier molecular flexibility index (Phi) is 3.58. The van der Waals surface area contributed by atoms with E-state index in [4.69, 9.17) is 0 Å². The molecule has 1 heterocycles. The zero-order valence-electron chi connectivity index (χ0n) is 11.9. The highest BCUT2D eigenvalue weighted by Crippen LogP contribution is 2.45. The van der Waals surface area contributed by atoms with Crippen molar-refractivity contribution in [1.82, 2.24) is 4.98 Å². The Morgan fingerprint density at radius 1 is 1.20 bits per heavy atom. The summed E-state index contributed by atoms with van der Waals surface area (Å²) in [5, 5.41) is 11.3. The van der Waals surface area contributed by atoms with Crippen LogP contribution in [0.1, 0.15) is 48.9 Å². The lowest BCUT2D eigenvalue weighted by atomic mass is 9.71. The van der Waals surface area contributed by atoms with Gasteiger partial charge in [-0.15, -0.1) is 0 Å². The molecule has 2 heteroatoms. The van der Waals surface area contributed by atoms with Crippen LogP contribution in [0.15, 0.2) is 48.7 Å². The lowest BCUT2D eigenvalue weighted by Gasteiger charge is -2.38. The van der Waals surface area contributed by atoms with Crippen molar-refractivity contribution in [2.24, 2.45) is 0 Å². The average molecular weight is 267 g/mol. The van der Waals surface area contributed by atoms with Gasteiger partial charge in [-0.3, -0.25) is 4.98 Å². The van der Waals surface area contributed by atoms with Crippen molar-refractivity contribution < 1.29 is 5.11 Å². The predicted molar refractivity (Wildman–Crippen MR) is 80.5 cm³/mol. The number of pyridine rings is 1. The maximum Gasteiger partial charge on any atom is 0.0977 e. The second-order valence-corrected chi connectivity index (χ2v) is 5.64. The summed E-state index contributed by atoms with van der Waals surface area (Å²) in [6, 6.07) is 14.2. The molecule has 1 N–H and O–H groups in total. The van der Waals surface area contributed by atoms with Crippen molar-refractivity contribution in [1.29, 1.82) is 0 Å². The minimum absolute atomic E-state index is 0.0971. The predicted octanol–water partition coefficient (Wildman–Crippen LogP) is 3.80. The van der Waals surface area contributed by atoms with Crippen molar-refractivity contribution in [3.05, 3.63) is 65.5 Å². The highest BCUT2D eigenvalue weighted by Gasteiger charge is 2.40. The van der Waals surface area contributed by atoms with Crippen molar-refractivity contribution in [3.63, 3.8) is 0 Å². The standard InChI is InChI=1S/C18H21NO/c1-2-18(20,15-10-4-3-5-11-15)16-12-6-8-14-9-7-13-19-17(14)16/h3-5,7,9-11,13,16,20H,2,6,8,12H2,1H3. The Labute approximate surface area is 120 Å². The number of benzene rings is 1. The summed E-state index contributed by atoms with van der Waals surface area (Å²) >= 11 is 0. The van der Waals surface area contributed by atoms with Crippen molar-refractivity contribution >= 4 is 0 Å². The van der Waals surface area contributed by atoms with Crippen LogP contribution < -0.4 is 0 Å². The van der Waals surface area contributed by atoms with Crippen molar-refractivity contribution in [3.8, 4) is 0 Å². The van der Waals surface area contributed by atoms with Crippen LogP contribution in [0.25, 0.3) is 0 Å². The minimum atomic E-state index is -0.815. The van der Waals surface area contributed by atoms with Crippen LogP contribution in [0.3, 0.4) is 0 Å². The van der Waals surface area contributed by atoms with Crippen LogP contribution in [0.5, 0.6) is 0 Å². The van der Waals surface area contributed by atoms with E-state index in [0.717, 1.165) is 30.5 Å². The Bertz CT molecular complexity index is 581. The van der Waals surface area contributed by atoms with Gasteiger partial charge in [0.05, 0.1) is 5.60 Å². The molecule has 2 aromatic rings. The number of fused-ring (bicyclic) bond motifs is 1. The maximum absolute atomic E-state index is 11.3. The summed E-state index contributed by atoms with van der Waals surface area (Å²) in [6.45, 7) is 2.06. The van der Waals surface area contributed by atoms with E-state index in [9.17, 15) is 5.11 Å². The molecule has 20 heavy (non-hydrogen) atoms. The molecule has 104 valence electrons. The molecule has 0 spiro atoms. The van der Waals surface area contributed by atoms with Crippen molar-refractivity contribution in [2.45, 2.75) is 44.1 Å². The largest absolute Gasteiger partial charge is 0.384 e. The first kappa shape index (κ1) is 13.3. The van der Waals surface area contributed by atoms with Gasteiger partial charge >= 0.3 is 0 Å². The summed E-state index contributed by atoms with van der Waals surface area (Å²) < 4.78 is 0. The Morgan fingerprint density at radius 2 is 2.00 bits per heavy atom. The van der Waals surface area contributed by atoms with Gasteiger partial charge < -0.3 is 5.11 Å². The average Bonchev–Trinajstić information content (AvgIpc) is 2.54. The number of aromatic nitrogens is 1. The molecule has 0 saturated heterocycles. The smallest absolute Gasteiger partial charge is 0.0977 e. The van der Waals surface area contributed by atoms with Crippen LogP contribution in [-0.4, -0.2) is 10.1 Å². The molecule has 1 aromatic heterocycles. The van der Waals surface area contributed by atoms with E-state index in [2.05, 4.69) is 18.0 Å². The van der Waals surface area contributed by atoms with Gasteiger partial charge in [0, 0.05) is 17.8 Å². The number of hydrogen-bond donors (Lipinski definition) is 1. The summed E-state index contributed by atoms with van der Waals surface area (Å²) in [4.78, 5) is 4.58.